The van der Waals surface area contributed by atoms with E-state index in [0.717, 1.165) is 12.8 Å². The molecule has 2 rings (SSSR count). The molecule has 0 bridgehead atoms. The molecule has 0 radical (unpaired) electrons. The molecule has 5 nitrogen and oxygen atoms in total. The van der Waals surface area contributed by atoms with Crippen LogP contribution in [-0.2, 0) is 10.0 Å². The highest BCUT2D eigenvalue weighted by Crippen LogP contribution is 2.34. The van der Waals surface area contributed by atoms with Gasteiger partial charge in [-0.2, -0.15) is 4.31 Å². The fourth-order valence-corrected chi connectivity index (χ4v) is 4.13. The molecule has 1 saturated carbocycles. The van der Waals surface area contributed by atoms with Gasteiger partial charge in [0.15, 0.2) is 5.03 Å². The molecule has 20 heavy (non-hydrogen) atoms. The molecule has 1 aromatic rings. The Bertz CT molecular complexity index is 553. The van der Waals surface area contributed by atoms with E-state index in [1.807, 2.05) is 20.8 Å². The van der Waals surface area contributed by atoms with Crippen molar-refractivity contribution in [1.29, 1.82) is 0 Å². The maximum Gasteiger partial charge on any atom is 0.262 e. The Morgan fingerprint density at radius 3 is 2.70 bits per heavy atom. The lowest BCUT2D eigenvalue weighted by Gasteiger charge is -2.24. The number of anilines is 1. The maximum absolute atomic E-state index is 12.9. The van der Waals surface area contributed by atoms with Crippen LogP contribution in [0.3, 0.4) is 0 Å². The molecule has 0 aromatic carbocycles. The average Bonchev–Trinajstić information content (AvgIpc) is 3.20. The Kier molecular flexibility index (Phi) is 4.65. The van der Waals surface area contributed by atoms with E-state index in [4.69, 9.17) is 0 Å². The van der Waals surface area contributed by atoms with E-state index >= 15 is 0 Å². The van der Waals surface area contributed by atoms with Gasteiger partial charge in [-0.15, -0.1) is 0 Å². The van der Waals surface area contributed by atoms with Crippen LogP contribution in [0.4, 0.5) is 5.69 Å². The molecule has 6 heteroatoms. The first kappa shape index (κ1) is 15.3. The van der Waals surface area contributed by atoms with Crippen molar-refractivity contribution in [3.8, 4) is 0 Å². The predicted molar refractivity (Wildman–Crippen MR) is 80.2 cm³/mol. The van der Waals surface area contributed by atoms with Gasteiger partial charge in [-0.1, -0.05) is 13.8 Å². The second-order valence-electron chi connectivity index (χ2n) is 5.59. The van der Waals surface area contributed by atoms with Crippen LogP contribution in [0.1, 0.15) is 33.6 Å². The molecule has 1 heterocycles. The van der Waals surface area contributed by atoms with Crippen LogP contribution in [0, 0.1) is 5.92 Å². The first-order valence-electron chi connectivity index (χ1n) is 7.17. The summed E-state index contributed by atoms with van der Waals surface area (Å²) in [7, 11) is -3.53. The fourth-order valence-electron chi connectivity index (χ4n) is 2.20. The third-order valence-corrected chi connectivity index (χ3v) is 5.07. The Morgan fingerprint density at radius 1 is 1.45 bits per heavy atom. The van der Waals surface area contributed by atoms with Crippen LogP contribution in [0.2, 0.25) is 0 Å². The maximum atomic E-state index is 12.9. The van der Waals surface area contributed by atoms with Gasteiger partial charge in [-0.25, -0.2) is 13.4 Å². The molecule has 0 atom stereocenters. The molecule has 0 unspecified atom stereocenters. The Morgan fingerprint density at radius 2 is 2.15 bits per heavy atom. The van der Waals surface area contributed by atoms with Crippen molar-refractivity contribution in [1.82, 2.24) is 9.29 Å². The van der Waals surface area contributed by atoms with Gasteiger partial charge in [0.2, 0.25) is 0 Å². The summed E-state index contributed by atoms with van der Waals surface area (Å²) in [5, 5.41) is 3.23. The summed E-state index contributed by atoms with van der Waals surface area (Å²) in [6, 6.07) is 3.67. The van der Waals surface area contributed by atoms with Crippen molar-refractivity contribution in [2.24, 2.45) is 5.92 Å². The van der Waals surface area contributed by atoms with Gasteiger partial charge >= 0.3 is 0 Å². The Labute approximate surface area is 121 Å². The van der Waals surface area contributed by atoms with Crippen molar-refractivity contribution < 1.29 is 8.42 Å². The Hall–Kier alpha value is -1.14. The summed E-state index contributed by atoms with van der Waals surface area (Å²) in [6.07, 6.45) is 3.44. The number of nitrogens with zero attached hydrogens (tertiary/aromatic N) is 2. The minimum Gasteiger partial charge on any atom is -0.383 e. The molecule has 0 aliphatic heterocycles. The summed E-state index contributed by atoms with van der Waals surface area (Å²) < 4.78 is 27.4. The van der Waals surface area contributed by atoms with Crippen LogP contribution < -0.4 is 5.32 Å². The van der Waals surface area contributed by atoms with Gasteiger partial charge in [0.05, 0.1) is 5.69 Å². The first-order valence-corrected chi connectivity index (χ1v) is 8.61. The zero-order valence-corrected chi connectivity index (χ0v) is 13.2. The van der Waals surface area contributed by atoms with Gasteiger partial charge in [-0.05, 0) is 37.8 Å². The van der Waals surface area contributed by atoms with E-state index in [1.54, 1.807) is 16.4 Å². The van der Waals surface area contributed by atoms with Crippen molar-refractivity contribution in [3.63, 3.8) is 0 Å². The average molecular weight is 297 g/mol. The summed E-state index contributed by atoms with van der Waals surface area (Å²) in [5.74, 6) is 0.302. The molecule has 1 aliphatic carbocycles. The van der Waals surface area contributed by atoms with Crippen LogP contribution >= 0.6 is 0 Å². The molecule has 1 aliphatic rings. The molecule has 1 N–H and O–H groups in total. The second kappa shape index (κ2) is 6.10. The summed E-state index contributed by atoms with van der Waals surface area (Å²) >= 11 is 0. The van der Waals surface area contributed by atoms with Gasteiger partial charge in [-0.3, -0.25) is 0 Å². The zero-order chi connectivity index (χ0) is 14.8. The van der Waals surface area contributed by atoms with Crippen molar-refractivity contribution in [3.05, 3.63) is 18.3 Å². The molecule has 1 fully saturated rings. The van der Waals surface area contributed by atoms with E-state index in [-0.39, 0.29) is 11.1 Å². The molecule has 0 saturated heterocycles. The van der Waals surface area contributed by atoms with Crippen LogP contribution in [0.15, 0.2) is 23.4 Å². The quantitative estimate of drug-likeness (QED) is 0.839. The standard InChI is InChI=1S/C14H23N3O2S/c1-4-15-13-6-5-9-16-14(13)20(18,19)17(10-11(2)3)12-7-8-12/h5-6,9,11-12,15H,4,7-8,10H2,1-3H3. The monoisotopic (exact) mass is 297 g/mol. The summed E-state index contributed by atoms with van der Waals surface area (Å²) in [5.41, 5.74) is 0.587. The lowest BCUT2D eigenvalue weighted by molar-refractivity contribution is 0.359. The number of nitrogens with one attached hydrogen (secondary N) is 1. The van der Waals surface area contributed by atoms with E-state index in [1.165, 1.54) is 6.20 Å². The minimum atomic E-state index is -3.53. The predicted octanol–water partition coefficient (Wildman–Crippen LogP) is 2.32. The van der Waals surface area contributed by atoms with E-state index in [2.05, 4.69) is 10.3 Å². The van der Waals surface area contributed by atoms with Crippen LogP contribution in [0.5, 0.6) is 0 Å². The van der Waals surface area contributed by atoms with E-state index < -0.39 is 10.0 Å². The van der Waals surface area contributed by atoms with E-state index in [9.17, 15) is 8.42 Å². The third-order valence-electron chi connectivity index (χ3n) is 3.19. The highest BCUT2D eigenvalue weighted by Gasteiger charge is 2.39. The Balaban J connectivity index is 2.37. The smallest absolute Gasteiger partial charge is 0.262 e. The fraction of sp³-hybridized carbons (Fsp3) is 0.643. The first-order chi connectivity index (χ1) is 9.46. The molecule has 0 spiro atoms. The second-order valence-corrected chi connectivity index (χ2v) is 7.39. The lowest BCUT2D eigenvalue weighted by atomic mass is 10.2. The largest absolute Gasteiger partial charge is 0.383 e. The molecule has 1 aromatic heterocycles. The number of rotatable bonds is 7. The molecule has 112 valence electrons. The molecular formula is C14H23N3O2S. The zero-order valence-electron chi connectivity index (χ0n) is 12.3. The van der Waals surface area contributed by atoms with Crippen molar-refractivity contribution in [2.75, 3.05) is 18.4 Å². The summed E-state index contributed by atoms with van der Waals surface area (Å²) in [4.78, 5) is 4.12. The van der Waals surface area contributed by atoms with Crippen molar-refractivity contribution in [2.45, 2.75) is 44.7 Å². The van der Waals surface area contributed by atoms with Crippen LogP contribution in [-0.4, -0.2) is 36.8 Å². The number of sulfonamides is 1. The number of pyridine rings is 1. The SMILES string of the molecule is CCNc1cccnc1S(=O)(=O)N(CC(C)C)C1CC1. The number of aromatic nitrogens is 1. The lowest BCUT2D eigenvalue weighted by Crippen LogP contribution is -2.37. The molecule has 0 amide bonds. The van der Waals surface area contributed by atoms with Crippen molar-refractivity contribution >= 4 is 15.7 Å². The van der Waals surface area contributed by atoms with Gasteiger partial charge < -0.3 is 5.32 Å². The normalized spacial score (nSPS) is 15.8. The highest BCUT2D eigenvalue weighted by molar-refractivity contribution is 7.89. The topological polar surface area (TPSA) is 62.3 Å². The third kappa shape index (κ3) is 3.30. The number of hydrogen-bond donors (Lipinski definition) is 1. The highest BCUT2D eigenvalue weighted by atomic mass is 32.2. The summed E-state index contributed by atoms with van der Waals surface area (Å²) in [6.45, 7) is 7.23. The molecular weight excluding hydrogens is 274 g/mol. The number of hydrogen-bond acceptors (Lipinski definition) is 4. The van der Waals surface area contributed by atoms with Gasteiger partial charge in [0, 0.05) is 25.3 Å². The minimum absolute atomic E-state index is 0.148. The van der Waals surface area contributed by atoms with E-state index in [0.29, 0.717) is 24.7 Å². The van der Waals surface area contributed by atoms with Gasteiger partial charge in [0.25, 0.3) is 10.0 Å². The van der Waals surface area contributed by atoms with Crippen LogP contribution in [0.25, 0.3) is 0 Å². The van der Waals surface area contributed by atoms with Gasteiger partial charge in [0.1, 0.15) is 0 Å².